The molecule has 0 spiro atoms. The maximum Gasteiger partial charge on any atom is 0.344 e. The lowest BCUT2D eigenvalue weighted by Gasteiger charge is -2.18. The Labute approximate surface area is 94.0 Å². The van der Waals surface area contributed by atoms with Gasteiger partial charge in [0.25, 0.3) is 0 Å². The molecular weight excluding hydrogens is 216 g/mol. The molecule has 0 radical (unpaired) electrons. The third-order valence-electron chi connectivity index (χ3n) is 1.25. The second-order valence-corrected chi connectivity index (χ2v) is 5.61. The summed E-state index contributed by atoms with van der Waals surface area (Å²) in [6, 6.07) is 0. The maximum atomic E-state index is 11.3. The van der Waals surface area contributed by atoms with Gasteiger partial charge in [-0.1, -0.05) is 20.8 Å². The monoisotopic (exact) mass is 232 g/mol. The second kappa shape index (κ2) is 5.80. The maximum absolute atomic E-state index is 11.3. The number of methoxy groups -OCH3 is 2. The van der Waals surface area contributed by atoms with Crippen molar-refractivity contribution in [3.8, 4) is 0 Å². The molecule has 0 amide bonds. The highest BCUT2D eigenvalue weighted by molar-refractivity contribution is 8.05. The highest BCUT2D eigenvalue weighted by Crippen LogP contribution is 2.31. The van der Waals surface area contributed by atoms with Gasteiger partial charge in [0.05, 0.1) is 14.2 Å². The van der Waals surface area contributed by atoms with Crippen LogP contribution in [-0.2, 0) is 19.1 Å². The van der Waals surface area contributed by atoms with Gasteiger partial charge in [-0.25, -0.2) is 9.59 Å². The summed E-state index contributed by atoms with van der Waals surface area (Å²) in [7, 11) is 2.53. The number of carbonyl (C=O) groups is 2. The van der Waals surface area contributed by atoms with Gasteiger partial charge in [-0.15, -0.1) is 11.8 Å². The van der Waals surface area contributed by atoms with E-state index in [1.54, 1.807) is 0 Å². The van der Waals surface area contributed by atoms with Gasteiger partial charge in [-0.2, -0.15) is 0 Å². The fourth-order valence-electron chi connectivity index (χ4n) is 0.726. The van der Waals surface area contributed by atoms with Crippen LogP contribution in [0.2, 0.25) is 0 Å². The van der Waals surface area contributed by atoms with Crippen molar-refractivity contribution in [3.63, 3.8) is 0 Å². The Balaban J connectivity index is 4.82. The van der Waals surface area contributed by atoms with Crippen LogP contribution in [0.4, 0.5) is 0 Å². The molecule has 86 valence electrons. The van der Waals surface area contributed by atoms with Gasteiger partial charge in [0.2, 0.25) is 0 Å². The second-order valence-electron chi connectivity index (χ2n) is 3.74. The van der Waals surface area contributed by atoms with E-state index in [4.69, 9.17) is 0 Å². The van der Waals surface area contributed by atoms with E-state index >= 15 is 0 Å². The zero-order valence-electron chi connectivity index (χ0n) is 9.62. The third-order valence-corrected chi connectivity index (χ3v) is 2.37. The van der Waals surface area contributed by atoms with Gasteiger partial charge >= 0.3 is 11.9 Å². The SMILES string of the molecule is COC(=O)/C=C(/SC(C)(C)C)C(=O)OC. The molecule has 0 saturated carbocycles. The summed E-state index contributed by atoms with van der Waals surface area (Å²) in [4.78, 5) is 22.6. The molecule has 0 fully saturated rings. The van der Waals surface area contributed by atoms with E-state index in [9.17, 15) is 9.59 Å². The van der Waals surface area contributed by atoms with Gasteiger partial charge < -0.3 is 9.47 Å². The topological polar surface area (TPSA) is 52.6 Å². The molecule has 0 atom stereocenters. The Morgan fingerprint density at radius 3 is 2.00 bits per heavy atom. The molecule has 4 nitrogen and oxygen atoms in total. The standard InChI is InChI=1S/C10H16O4S/c1-10(2,3)15-7(9(12)14-5)6-8(11)13-4/h6H,1-5H3/b7-6+. The summed E-state index contributed by atoms with van der Waals surface area (Å²) < 4.78 is 8.85. The summed E-state index contributed by atoms with van der Waals surface area (Å²) in [5, 5.41) is 0. The first-order valence-electron chi connectivity index (χ1n) is 4.37. The molecule has 5 heteroatoms. The number of hydrogen-bond donors (Lipinski definition) is 0. The van der Waals surface area contributed by atoms with E-state index in [-0.39, 0.29) is 9.65 Å². The molecule has 0 aliphatic carbocycles. The van der Waals surface area contributed by atoms with E-state index < -0.39 is 11.9 Å². The molecule has 0 rings (SSSR count). The Kier molecular flexibility index (Phi) is 5.43. The summed E-state index contributed by atoms with van der Waals surface area (Å²) in [5.41, 5.74) is 0. The van der Waals surface area contributed by atoms with Crippen molar-refractivity contribution in [1.82, 2.24) is 0 Å². The minimum Gasteiger partial charge on any atom is -0.466 e. The first-order valence-corrected chi connectivity index (χ1v) is 5.19. The molecule has 0 heterocycles. The number of esters is 2. The van der Waals surface area contributed by atoms with Crippen LogP contribution in [0.3, 0.4) is 0 Å². The Hall–Kier alpha value is -0.970. The average molecular weight is 232 g/mol. The molecule has 0 bridgehead atoms. The van der Waals surface area contributed by atoms with E-state index in [0.717, 1.165) is 6.08 Å². The lowest BCUT2D eigenvalue weighted by molar-refractivity contribution is -0.137. The van der Waals surface area contributed by atoms with Crippen molar-refractivity contribution in [2.24, 2.45) is 0 Å². The van der Waals surface area contributed by atoms with Crippen LogP contribution in [0, 0.1) is 0 Å². The Morgan fingerprint density at radius 2 is 1.67 bits per heavy atom. The number of ether oxygens (including phenoxy) is 2. The van der Waals surface area contributed by atoms with E-state index in [0.29, 0.717) is 0 Å². The molecular formula is C10H16O4S. The first kappa shape index (κ1) is 14.0. The first-order chi connectivity index (χ1) is 6.80. The summed E-state index contributed by atoms with van der Waals surface area (Å²) in [6.45, 7) is 5.81. The van der Waals surface area contributed by atoms with Crippen LogP contribution in [-0.4, -0.2) is 30.9 Å². The third kappa shape index (κ3) is 6.17. The minimum absolute atomic E-state index is 0.173. The molecule has 0 saturated heterocycles. The summed E-state index contributed by atoms with van der Waals surface area (Å²) in [5.74, 6) is -1.09. The smallest absolute Gasteiger partial charge is 0.344 e. The fraction of sp³-hybridized carbons (Fsp3) is 0.600. The van der Waals surface area contributed by atoms with E-state index in [1.807, 2.05) is 20.8 Å². The number of rotatable bonds is 3. The fourth-order valence-corrected chi connectivity index (χ4v) is 1.71. The molecule has 0 aromatic heterocycles. The van der Waals surface area contributed by atoms with E-state index in [1.165, 1.54) is 26.0 Å². The minimum atomic E-state index is -0.563. The van der Waals surface area contributed by atoms with Crippen LogP contribution in [0.25, 0.3) is 0 Å². The predicted octanol–water partition coefficient (Wildman–Crippen LogP) is 1.75. The van der Waals surface area contributed by atoms with Gasteiger partial charge in [-0.05, 0) is 0 Å². The molecule has 15 heavy (non-hydrogen) atoms. The molecule has 0 aliphatic rings. The quantitative estimate of drug-likeness (QED) is 0.548. The van der Waals surface area contributed by atoms with Crippen molar-refractivity contribution >= 4 is 23.7 Å². The zero-order chi connectivity index (χ0) is 12.1. The average Bonchev–Trinajstić information content (AvgIpc) is 2.13. The van der Waals surface area contributed by atoms with Crippen LogP contribution >= 0.6 is 11.8 Å². The van der Waals surface area contributed by atoms with Crippen molar-refractivity contribution in [2.75, 3.05) is 14.2 Å². The van der Waals surface area contributed by atoms with Gasteiger partial charge in [0, 0.05) is 10.8 Å². The largest absolute Gasteiger partial charge is 0.466 e. The van der Waals surface area contributed by atoms with Crippen molar-refractivity contribution < 1.29 is 19.1 Å². The highest BCUT2D eigenvalue weighted by Gasteiger charge is 2.21. The van der Waals surface area contributed by atoms with Crippen molar-refractivity contribution in [1.29, 1.82) is 0 Å². The summed E-state index contributed by atoms with van der Waals surface area (Å²) >= 11 is 1.26. The Morgan fingerprint density at radius 1 is 1.13 bits per heavy atom. The van der Waals surface area contributed by atoms with Crippen LogP contribution in [0.15, 0.2) is 11.0 Å². The van der Waals surface area contributed by atoms with Crippen LogP contribution in [0.1, 0.15) is 20.8 Å². The van der Waals surface area contributed by atoms with E-state index in [2.05, 4.69) is 9.47 Å². The van der Waals surface area contributed by atoms with Crippen molar-refractivity contribution in [2.45, 2.75) is 25.5 Å². The van der Waals surface area contributed by atoms with Crippen LogP contribution < -0.4 is 0 Å². The molecule has 0 aromatic rings. The van der Waals surface area contributed by atoms with Gasteiger partial charge in [0.1, 0.15) is 4.91 Å². The highest BCUT2D eigenvalue weighted by atomic mass is 32.2. The predicted molar refractivity (Wildman–Crippen MR) is 59.5 cm³/mol. The number of hydrogen-bond acceptors (Lipinski definition) is 5. The van der Waals surface area contributed by atoms with Gasteiger partial charge in [-0.3, -0.25) is 0 Å². The summed E-state index contributed by atoms with van der Waals surface area (Å²) in [6.07, 6.45) is 1.14. The Bertz CT molecular complexity index is 276. The van der Waals surface area contributed by atoms with Crippen LogP contribution in [0.5, 0.6) is 0 Å². The van der Waals surface area contributed by atoms with Gasteiger partial charge in [0.15, 0.2) is 0 Å². The normalized spacial score (nSPS) is 12.2. The molecule has 0 N–H and O–H groups in total. The number of carbonyl (C=O) groups excluding carboxylic acids is 2. The molecule has 0 unspecified atom stereocenters. The zero-order valence-corrected chi connectivity index (χ0v) is 10.4. The molecule has 0 aliphatic heterocycles. The lowest BCUT2D eigenvalue weighted by Crippen LogP contribution is -2.14. The molecule has 0 aromatic carbocycles. The number of thioether (sulfide) groups is 1. The van der Waals surface area contributed by atoms with Crippen molar-refractivity contribution in [3.05, 3.63) is 11.0 Å². The lowest BCUT2D eigenvalue weighted by atomic mass is 10.3.